The number of likely N-dealkylation sites (tertiary alicyclic amines) is 1. The van der Waals surface area contributed by atoms with Crippen molar-refractivity contribution in [2.24, 2.45) is 0 Å². The Labute approximate surface area is 160 Å². The zero-order chi connectivity index (χ0) is 19.7. The molecule has 0 bridgehead atoms. The summed E-state index contributed by atoms with van der Waals surface area (Å²) >= 11 is 0. The Morgan fingerprint density at radius 3 is 2.37 bits per heavy atom. The molecular weight excluding hydrogens is 347 g/mol. The van der Waals surface area contributed by atoms with Crippen LogP contribution < -0.4 is 5.32 Å². The Balaban J connectivity index is 1.96. The van der Waals surface area contributed by atoms with Crippen molar-refractivity contribution in [3.05, 3.63) is 29.1 Å². The fourth-order valence-electron chi connectivity index (χ4n) is 5.00. The van der Waals surface area contributed by atoms with E-state index in [9.17, 15) is 14.0 Å². The summed E-state index contributed by atoms with van der Waals surface area (Å²) in [6, 6.07) is 2.47. The maximum atomic E-state index is 13.8. The normalized spacial score (nSPS) is 20.4. The number of halogens is 1. The van der Waals surface area contributed by atoms with Gasteiger partial charge in [-0.25, -0.2) is 9.18 Å². The zero-order valence-electron chi connectivity index (χ0n) is 16.6. The number of piperidine rings is 1. The van der Waals surface area contributed by atoms with E-state index < -0.39 is 17.3 Å². The molecule has 0 spiro atoms. The summed E-state index contributed by atoms with van der Waals surface area (Å²) < 4.78 is 19.5. The van der Waals surface area contributed by atoms with Crippen molar-refractivity contribution in [3.8, 4) is 0 Å². The lowest BCUT2D eigenvalue weighted by molar-refractivity contribution is -0.974. The largest absolute Gasteiger partial charge is 0.465 e. The molecule has 1 aliphatic heterocycles. The number of ether oxygens (including phenoxy) is 1. The van der Waals surface area contributed by atoms with Gasteiger partial charge in [0.15, 0.2) is 5.54 Å². The number of esters is 1. The Morgan fingerprint density at radius 2 is 1.85 bits per heavy atom. The molecule has 2 aliphatic rings. The van der Waals surface area contributed by atoms with Gasteiger partial charge in [-0.05, 0) is 57.2 Å². The average molecular weight is 377 g/mol. The second-order valence-corrected chi connectivity index (χ2v) is 7.95. The van der Waals surface area contributed by atoms with Crippen LogP contribution in [0.25, 0.3) is 0 Å². The molecule has 1 aromatic rings. The van der Waals surface area contributed by atoms with Gasteiger partial charge in [-0.15, -0.1) is 0 Å². The van der Waals surface area contributed by atoms with E-state index in [2.05, 4.69) is 12.2 Å². The molecule has 1 saturated carbocycles. The minimum absolute atomic E-state index is 0.0441. The van der Waals surface area contributed by atoms with Gasteiger partial charge in [0.25, 0.3) is 5.91 Å². The van der Waals surface area contributed by atoms with Gasteiger partial charge in [0.1, 0.15) is 5.82 Å². The molecule has 0 unspecified atom stereocenters. The van der Waals surface area contributed by atoms with Crippen molar-refractivity contribution in [1.82, 2.24) is 0 Å². The molecule has 1 N–H and O–H groups in total. The number of quaternary nitrogens is 1. The molecular formula is C21H30FN2O3+. The van der Waals surface area contributed by atoms with Crippen LogP contribution in [0.1, 0.15) is 61.4 Å². The average Bonchev–Trinajstić information content (AvgIpc) is 2.62. The van der Waals surface area contributed by atoms with Crippen molar-refractivity contribution in [1.29, 1.82) is 0 Å². The maximum Gasteiger partial charge on any atom is 0.340 e. The first-order valence-electron chi connectivity index (χ1n) is 9.95. The Kier molecular flexibility index (Phi) is 5.56. The number of methoxy groups -OCH3 is 1. The van der Waals surface area contributed by atoms with E-state index in [4.69, 9.17) is 4.74 Å². The lowest BCUT2D eigenvalue weighted by atomic mass is 9.71. The van der Waals surface area contributed by atoms with Gasteiger partial charge in [0, 0.05) is 12.8 Å². The van der Waals surface area contributed by atoms with Crippen LogP contribution in [0.2, 0.25) is 0 Å². The first-order chi connectivity index (χ1) is 12.9. The molecule has 0 aromatic heterocycles. The topological polar surface area (TPSA) is 55.4 Å². The smallest absolute Gasteiger partial charge is 0.340 e. The highest BCUT2D eigenvalue weighted by Gasteiger charge is 2.59. The standard InChI is InChI=1S/C21H29FN2O3/c1-4-24(11-6-5-7-12-24)21(9-8-10-21)20(26)23-18-15(2)13-16(22)14-17(18)19(25)27-3/h13-14H,4-12H2,1-3H3/p+1. The number of nitrogens with zero attached hydrogens (tertiary/aromatic N) is 1. The molecule has 27 heavy (non-hydrogen) atoms. The summed E-state index contributed by atoms with van der Waals surface area (Å²) in [5.74, 6) is -1.21. The van der Waals surface area contributed by atoms with Crippen LogP contribution in [-0.2, 0) is 9.53 Å². The van der Waals surface area contributed by atoms with E-state index in [0.717, 1.165) is 62.3 Å². The monoisotopic (exact) mass is 377 g/mol. The summed E-state index contributed by atoms with van der Waals surface area (Å²) in [5.41, 5.74) is 0.522. The van der Waals surface area contributed by atoms with Gasteiger partial charge in [-0.3, -0.25) is 4.79 Å². The molecule has 5 nitrogen and oxygen atoms in total. The molecule has 148 valence electrons. The molecule has 1 amide bonds. The molecule has 0 atom stereocenters. The second-order valence-electron chi connectivity index (χ2n) is 7.95. The first kappa shape index (κ1) is 19.8. The molecule has 6 heteroatoms. The number of hydrogen-bond donors (Lipinski definition) is 1. The molecule has 3 rings (SSSR count). The number of benzene rings is 1. The number of nitrogens with one attached hydrogen (secondary N) is 1. The van der Waals surface area contributed by atoms with Crippen LogP contribution >= 0.6 is 0 Å². The highest BCUT2D eigenvalue weighted by atomic mass is 19.1. The summed E-state index contributed by atoms with van der Waals surface area (Å²) in [6.45, 7) is 6.84. The third-order valence-corrected chi connectivity index (χ3v) is 6.73. The van der Waals surface area contributed by atoms with E-state index in [1.165, 1.54) is 19.6 Å². The molecule has 1 aromatic carbocycles. The predicted octanol–water partition coefficient (Wildman–Crippen LogP) is 3.80. The quantitative estimate of drug-likeness (QED) is 0.627. The third-order valence-electron chi connectivity index (χ3n) is 6.73. The van der Waals surface area contributed by atoms with Crippen molar-refractivity contribution >= 4 is 17.6 Å². The molecule has 1 aliphatic carbocycles. The highest BCUT2D eigenvalue weighted by Crippen LogP contribution is 2.46. The number of rotatable bonds is 5. The fraction of sp³-hybridized carbons (Fsp3) is 0.619. The Bertz CT molecular complexity index is 737. The number of carbonyl (C=O) groups is 2. The van der Waals surface area contributed by atoms with E-state index in [1.807, 2.05) is 0 Å². The van der Waals surface area contributed by atoms with Crippen LogP contribution in [0.4, 0.5) is 10.1 Å². The van der Waals surface area contributed by atoms with E-state index in [0.29, 0.717) is 11.3 Å². The van der Waals surface area contributed by atoms with E-state index in [-0.39, 0.29) is 11.5 Å². The number of hydrogen-bond acceptors (Lipinski definition) is 3. The number of anilines is 1. The number of carbonyl (C=O) groups excluding carboxylic acids is 2. The van der Waals surface area contributed by atoms with Gasteiger partial charge in [0.05, 0.1) is 38.0 Å². The van der Waals surface area contributed by atoms with Crippen molar-refractivity contribution in [2.45, 2.75) is 57.9 Å². The molecule has 1 heterocycles. The van der Waals surface area contributed by atoms with Crippen molar-refractivity contribution in [2.75, 3.05) is 32.1 Å². The fourth-order valence-corrected chi connectivity index (χ4v) is 5.00. The van der Waals surface area contributed by atoms with Gasteiger partial charge < -0.3 is 14.5 Å². The zero-order valence-corrected chi connectivity index (χ0v) is 16.6. The Morgan fingerprint density at radius 1 is 1.19 bits per heavy atom. The van der Waals surface area contributed by atoms with E-state index >= 15 is 0 Å². The predicted molar refractivity (Wildman–Crippen MR) is 102 cm³/mol. The Hall–Kier alpha value is -1.95. The SMILES string of the molecule is CC[N+]1(C2(C(=O)Nc3c(C)cc(F)cc3C(=O)OC)CCC2)CCCCC1. The van der Waals surface area contributed by atoms with Crippen LogP contribution in [0.3, 0.4) is 0 Å². The number of amides is 1. The molecule has 1 saturated heterocycles. The summed E-state index contributed by atoms with van der Waals surface area (Å²) in [4.78, 5) is 25.6. The van der Waals surface area contributed by atoms with Crippen molar-refractivity contribution < 1.29 is 23.2 Å². The third kappa shape index (κ3) is 3.24. The van der Waals surface area contributed by atoms with Gasteiger partial charge in [0.2, 0.25) is 0 Å². The second kappa shape index (κ2) is 7.58. The summed E-state index contributed by atoms with van der Waals surface area (Å²) in [7, 11) is 1.26. The first-order valence-corrected chi connectivity index (χ1v) is 9.95. The lowest BCUT2D eigenvalue weighted by Crippen LogP contribution is -2.73. The molecule has 0 radical (unpaired) electrons. The maximum absolute atomic E-state index is 13.8. The van der Waals surface area contributed by atoms with Crippen LogP contribution in [-0.4, -0.2) is 48.6 Å². The summed E-state index contributed by atoms with van der Waals surface area (Å²) in [5, 5.41) is 3.00. The molecule has 2 fully saturated rings. The van der Waals surface area contributed by atoms with E-state index in [1.54, 1.807) is 6.92 Å². The van der Waals surface area contributed by atoms with Gasteiger partial charge in [-0.2, -0.15) is 0 Å². The van der Waals surface area contributed by atoms with Gasteiger partial charge >= 0.3 is 5.97 Å². The number of aryl methyl sites for hydroxylation is 1. The lowest BCUT2D eigenvalue weighted by Gasteiger charge is -2.57. The van der Waals surface area contributed by atoms with Crippen molar-refractivity contribution in [3.63, 3.8) is 0 Å². The van der Waals surface area contributed by atoms with Crippen LogP contribution in [0.15, 0.2) is 12.1 Å². The van der Waals surface area contributed by atoms with Crippen LogP contribution in [0.5, 0.6) is 0 Å². The van der Waals surface area contributed by atoms with Gasteiger partial charge in [-0.1, -0.05) is 0 Å². The number of likely N-dealkylation sites (N-methyl/N-ethyl adjacent to an activating group) is 1. The highest BCUT2D eigenvalue weighted by molar-refractivity contribution is 6.05. The summed E-state index contributed by atoms with van der Waals surface area (Å²) in [6.07, 6.45) is 6.28. The minimum atomic E-state index is -0.645. The van der Waals surface area contributed by atoms with Crippen LogP contribution in [0, 0.1) is 12.7 Å². The minimum Gasteiger partial charge on any atom is -0.465 e.